The van der Waals surface area contributed by atoms with Crippen molar-refractivity contribution in [1.29, 1.82) is 0 Å². The summed E-state index contributed by atoms with van der Waals surface area (Å²) in [4.78, 5) is 13.7. The Morgan fingerprint density at radius 3 is 2.37 bits per heavy atom. The second-order valence-electron chi connectivity index (χ2n) is 11.4. The van der Waals surface area contributed by atoms with Crippen LogP contribution in [0.2, 0.25) is 0 Å². The van der Waals surface area contributed by atoms with Gasteiger partial charge in [0.1, 0.15) is 12.4 Å². The van der Waals surface area contributed by atoms with Crippen molar-refractivity contribution in [2.75, 3.05) is 31.2 Å². The van der Waals surface area contributed by atoms with Crippen LogP contribution in [0.1, 0.15) is 65.1 Å². The Morgan fingerprint density at radius 1 is 0.977 bits per heavy atom. The lowest BCUT2D eigenvalue weighted by Gasteiger charge is -2.31. The topological polar surface area (TPSA) is 63.9 Å². The third-order valence-corrected chi connectivity index (χ3v) is 8.78. The molecule has 1 aliphatic carbocycles. The number of ether oxygens (including phenoxy) is 2. The monoisotopic (exact) mass is 592 g/mol. The maximum Gasteiger partial charge on any atom is 0.416 e. The smallest absolute Gasteiger partial charge is 0.416 e. The zero-order valence-electron chi connectivity index (χ0n) is 24.1. The molecule has 0 radical (unpaired) electrons. The molecular formula is C34H35F3N2O4. The van der Waals surface area contributed by atoms with Crippen molar-refractivity contribution in [3.63, 3.8) is 0 Å². The Hall–Kier alpha value is -3.98. The summed E-state index contributed by atoms with van der Waals surface area (Å²) in [6, 6.07) is 16.8. The molecule has 6 nitrogen and oxygen atoms in total. The van der Waals surface area contributed by atoms with Gasteiger partial charge in [-0.25, -0.2) is 4.79 Å². The fourth-order valence-electron chi connectivity index (χ4n) is 6.61. The van der Waals surface area contributed by atoms with E-state index in [2.05, 4.69) is 4.57 Å². The number of aromatic carboxylic acids is 1. The quantitative estimate of drug-likeness (QED) is 0.235. The molecule has 0 atom stereocenters. The van der Waals surface area contributed by atoms with E-state index in [0.717, 1.165) is 46.8 Å². The third-order valence-electron chi connectivity index (χ3n) is 8.78. The maximum absolute atomic E-state index is 13.5. The molecule has 1 aromatic heterocycles. The average Bonchev–Trinajstić information content (AvgIpc) is 3.32. The van der Waals surface area contributed by atoms with Gasteiger partial charge in [0.15, 0.2) is 0 Å². The number of halogens is 3. The second-order valence-corrected chi connectivity index (χ2v) is 11.4. The SMILES string of the molecule is Cn1c(-c2ccc(OCc3cc(C(F)(F)F)ccc3N3CCOCC3)cc2)c(C2CCCCC2)c2ccc(C(=O)O)cc21. The molecule has 6 rings (SSSR count). The molecule has 1 aliphatic heterocycles. The molecule has 0 amide bonds. The molecule has 0 bridgehead atoms. The highest BCUT2D eigenvalue weighted by Gasteiger charge is 2.32. The minimum atomic E-state index is -4.44. The first-order valence-corrected chi connectivity index (χ1v) is 14.8. The highest BCUT2D eigenvalue weighted by Crippen LogP contribution is 2.44. The Kier molecular flexibility index (Phi) is 8.09. The largest absolute Gasteiger partial charge is 0.489 e. The lowest BCUT2D eigenvalue weighted by Crippen LogP contribution is -2.37. The number of alkyl halides is 3. The number of aryl methyl sites for hydroxylation is 1. The van der Waals surface area contributed by atoms with Crippen LogP contribution in [-0.2, 0) is 24.6 Å². The van der Waals surface area contributed by atoms with E-state index >= 15 is 0 Å². The molecule has 2 fully saturated rings. The van der Waals surface area contributed by atoms with Gasteiger partial charge in [0.25, 0.3) is 0 Å². The lowest BCUT2D eigenvalue weighted by molar-refractivity contribution is -0.137. The number of carbonyl (C=O) groups is 1. The average molecular weight is 593 g/mol. The van der Waals surface area contributed by atoms with E-state index in [9.17, 15) is 23.1 Å². The van der Waals surface area contributed by atoms with Crippen LogP contribution in [0.3, 0.4) is 0 Å². The zero-order valence-corrected chi connectivity index (χ0v) is 24.1. The van der Waals surface area contributed by atoms with Gasteiger partial charge >= 0.3 is 12.1 Å². The number of nitrogens with zero attached hydrogens (tertiary/aromatic N) is 2. The Balaban J connectivity index is 1.31. The molecule has 0 unspecified atom stereocenters. The van der Waals surface area contributed by atoms with Gasteiger partial charge in [0.05, 0.1) is 30.0 Å². The predicted octanol–water partition coefficient (Wildman–Crippen LogP) is 8.03. The fraction of sp³-hybridized carbons (Fsp3) is 0.382. The van der Waals surface area contributed by atoms with E-state index in [-0.39, 0.29) is 12.2 Å². The van der Waals surface area contributed by atoms with E-state index < -0.39 is 17.7 Å². The molecule has 0 spiro atoms. The minimum Gasteiger partial charge on any atom is -0.489 e. The molecule has 1 saturated heterocycles. The molecule has 1 N–H and O–H groups in total. The van der Waals surface area contributed by atoms with E-state index in [1.807, 2.05) is 42.3 Å². The number of fused-ring (bicyclic) bond motifs is 1. The summed E-state index contributed by atoms with van der Waals surface area (Å²) in [6.45, 7) is 2.26. The molecule has 226 valence electrons. The Labute approximate surface area is 248 Å². The fourth-order valence-corrected chi connectivity index (χ4v) is 6.61. The lowest BCUT2D eigenvalue weighted by atomic mass is 9.82. The summed E-state index contributed by atoms with van der Waals surface area (Å²) in [5.41, 5.74) is 4.93. The summed E-state index contributed by atoms with van der Waals surface area (Å²) >= 11 is 0. The number of hydrogen-bond donors (Lipinski definition) is 1. The molecular weight excluding hydrogens is 557 g/mol. The number of benzene rings is 3. The summed E-state index contributed by atoms with van der Waals surface area (Å²) in [5, 5.41) is 10.7. The number of carboxylic acid groups (broad SMARTS) is 1. The van der Waals surface area contributed by atoms with Crippen molar-refractivity contribution < 1.29 is 32.5 Å². The van der Waals surface area contributed by atoms with Crippen molar-refractivity contribution >= 4 is 22.6 Å². The van der Waals surface area contributed by atoms with Crippen LogP contribution in [0.15, 0.2) is 60.7 Å². The number of anilines is 1. The van der Waals surface area contributed by atoms with Gasteiger partial charge in [-0.15, -0.1) is 0 Å². The van der Waals surface area contributed by atoms with Crippen LogP contribution in [0.5, 0.6) is 5.75 Å². The minimum absolute atomic E-state index is 0.00468. The molecule has 43 heavy (non-hydrogen) atoms. The van der Waals surface area contributed by atoms with Gasteiger partial charge < -0.3 is 24.0 Å². The number of morpholine rings is 1. The Bertz CT molecular complexity index is 1620. The van der Waals surface area contributed by atoms with Crippen LogP contribution in [-0.4, -0.2) is 41.9 Å². The highest BCUT2D eigenvalue weighted by atomic mass is 19.4. The van der Waals surface area contributed by atoms with Crippen molar-refractivity contribution in [3.8, 4) is 17.0 Å². The molecule has 2 aliphatic rings. The second kappa shape index (κ2) is 12.0. The van der Waals surface area contributed by atoms with E-state index in [1.54, 1.807) is 12.1 Å². The van der Waals surface area contributed by atoms with Gasteiger partial charge in [-0.3, -0.25) is 0 Å². The standard InChI is InChI=1S/C34H35F3N2O4/c1-38-30-20-24(33(40)41)9-13-28(30)31(22-5-3-2-4-6-22)32(38)23-7-11-27(12-8-23)43-21-25-19-26(34(35,36)37)10-14-29(25)39-15-17-42-18-16-39/h7-14,19-20,22H,2-6,15-18,21H2,1H3,(H,40,41). The van der Waals surface area contributed by atoms with Crippen LogP contribution < -0.4 is 9.64 Å². The summed E-state index contributed by atoms with van der Waals surface area (Å²) in [7, 11) is 1.97. The summed E-state index contributed by atoms with van der Waals surface area (Å²) in [6.07, 6.45) is 1.31. The van der Waals surface area contributed by atoms with Gasteiger partial charge in [0, 0.05) is 42.3 Å². The van der Waals surface area contributed by atoms with Crippen LogP contribution in [0, 0.1) is 0 Å². The molecule has 9 heteroatoms. The predicted molar refractivity (Wildman–Crippen MR) is 160 cm³/mol. The van der Waals surface area contributed by atoms with Crippen molar-refractivity contribution in [2.45, 2.75) is 50.8 Å². The zero-order chi connectivity index (χ0) is 30.1. The van der Waals surface area contributed by atoms with Crippen molar-refractivity contribution in [3.05, 3.63) is 82.9 Å². The first kappa shape index (κ1) is 29.1. The number of aromatic nitrogens is 1. The third kappa shape index (κ3) is 5.95. The van der Waals surface area contributed by atoms with Gasteiger partial charge in [-0.2, -0.15) is 13.2 Å². The first-order chi connectivity index (χ1) is 20.7. The first-order valence-electron chi connectivity index (χ1n) is 14.8. The van der Waals surface area contributed by atoms with E-state index in [0.29, 0.717) is 43.5 Å². The van der Waals surface area contributed by atoms with Gasteiger partial charge in [-0.05, 0) is 84.5 Å². The molecule has 4 aromatic rings. The van der Waals surface area contributed by atoms with Crippen molar-refractivity contribution in [2.24, 2.45) is 7.05 Å². The number of rotatable bonds is 7. The van der Waals surface area contributed by atoms with Crippen LogP contribution in [0.4, 0.5) is 18.9 Å². The van der Waals surface area contributed by atoms with E-state index in [1.165, 1.54) is 37.0 Å². The molecule has 3 aromatic carbocycles. The van der Waals surface area contributed by atoms with Gasteiger partial charge in [-0.1, -0.05) is 25.3 Å². The highest BCUT2D eigenvalue weighted by molar-refractivity contribution is 5.98. The Morgan fingerprint density at radius 2 is 1.70 bits per heavy atom. The summed E-state index contributed by atoms with van der Waals surface area (Å²) in [5.74, 6) is -0.0123. The molecule has 2 heterocycles. The maximum atomic E-state index is 13.5. The van der Waals surface area contributed by atoms with Crippen molar-refractivity contribution in [1.82, 2.24) is 4.57 Å². The number of carboxylic acids is 1. The normalized spacial score (nSPS) is 16.5. The van der Waals surface area contributed by atoms with E-state index in [4.69, 9.17) is 9.47 Å². The molecule has 1 saturated carbocycles. The van der Waals surface area contributed by atoms with Crippen LogP contribution in [0.25, 0.3) is 22.2 Å². The van der Waals surface area contributed by atoms with Crippen LogP contribution >= 0.6 is 0 Å². The van der Waals surface area contributed by atoms with Gasteiger partial charge in [0.2, 0.25) is 0 Å². The number of hydrogen-bond acceptors (Lipinski definition) is 4. The summed E-state index contributed by atoms with van der Waals surface area (Å²) < 4.78 is 54.2.